The molecule has 1 rings (SSSR count). The average Bonchev–Trinajstić information content (AvgIpc) is 2.46. The van der Waals surface area contributed by atoms with Crippen molar-refractivity contribution in [2.45, 2.75) is 33.2 Å². The van der Waals surface area contributed by atoms with Gasteiger partial charge in [-0.3, -0.25) is 10.1 Å². The van der Waals surface area contributed by atoms with Gasteiger partial charge in [0.1, 0.15) is 5.82 Å². The Balaban J connectivity index is 2.71. The minimum absolute atomic E-state index is 0.00264. The zero-order valence-electron chi connectivity index (χ0n) is 13.2. The first-order valence-electron chi connectivity index (χ1n) is 7.33. The summed E-state index contributed by atoms with van der Waals surface area (Å²) in [5.41, 5.74) is 0.00264. The molecule has 21 heavy (non-hydrogen) atoms. The summed E-state index contributed by atoms with van der Waals surface area (Å²) in [4.78, 5) is 17.1. The van der Waals surface area contributed by atoms with Crippen molar-refractivity contribution in [2.75, 3.05) is 37.3 Å². The van der Waals surface area contributed by atoms with Crippen LogP contribution < -0.4 is 10.6 Å². The first-order chi connectivity index (χ1) is 9.99. The summed E-state index contributed by atoms with van der Waals surface area (Å²) in [6, 6.07) is 3.59. The van der Waals surface area contributed by atoms with E-state index < -0.39 is 4.92 Å². The summed E-state index contributed by atoms with van der Waals surface area (Å²) < 4.78 is 0. The minimum Gasteiger partial charge on any atom is -0.370 e. The van der Waals surface area contributed by atoms with E-state index in [1.54, 1.807) is 6.07 Å². The molecule has 2 N–H and O–H groups in total. The molecule has 1 atom stereocenters. The maximum absolute atomic E-state index is 11.0. The van der Waals surface area contributed by atoms with Crippen LogP contribution in [0.3, 0.4) is 0 Å². The Labute approximate surface area is 125 Å². The number of nitro groups is 1. The smallest absolute Gasteiger partial charge is 0.311 e. The largest absolute Gasteiger partial charge is 0.370 e. The number of rotatable bonds is 9. The van der Waals surface area contributed by atoms with Crippen LogP contribution >= 0.6 is 0 Å². The highest BCUT2D eigenvalue weighted by atomic mass is 16.6. The molecule has 0 spiro atoms. The van der Waals surface area contributed by atoms with Crippen LogP contribution in [0.5, 0.6) is 0 Å². The lowest BCUT2D eigenvalue weighted by Gasteiger charge is -2.23. The fourth-order valence-electron chi connectivity index (χ4n) is 1.89. The lowest BCUT2D eigenvalue weighted by atomic mass is 10.2. The van der Waals surface area contributed by atoms with Crippen LogP contribution in [0.25, 0.3) is 0 Å². The lowest BCUT2D eigenvalue weighted by Crippen LogP contribution is -2.32. The number of nitrogens with zero attached hydrogens (tertiary/aromatic N) is 3. The molecule has 0 saturated heterocycles. The van der Waals surface area contributed by atoms with Crippen molar-refractivity contribution in [1.82, 2.24) is 9.88 Å². The first-order valence-corrected chi connectivity index (χ1v) is 7.33. The van der Waals surface area contributed by atoms with Gasteiger partial charge in [-0.25, -0.2) is 4.98 Å². The van der Waals surface area contributed by atoms with Gasteiger partial charge in [-0.2, -0.15) is 0 Å². The summed E-state index contributed by atoms with van der Waals surface area (Å²) in [5, 5.41) is 17.2. The van der Waals surface area contributed by atoms with Gasteiger partial charge in [0.2, 0.25) is 5.82 Å². The number of hydrogen-bond donors (Lipinski definition) is 2. The molecule has 0 saturated carbocycles. The summed E-state index contributed by atoms with van der Waals surface area (Å²) >= 11 is 0. The third-order valence-electron chi connectivity index (χ3n) is 3.53. The van der Waals surface area contributed by atoms with Crippen LogP contribution in [0.2, 0.25) is 0 Å². The van der Waals surface area contributed by atoms with Gasteiger partial charge in [0.25, 0.3) is 0 Å². The predicted molar refractivity (Wildman–Crippen MR) is 85.9 cm³/mol. The zero-order chi connectivity index (χ0) is 15.8. The Hall–Kier alpha value is -1.89. The molecular weight excluding hydrogens is 270 g/mol. The third-order valence-corrected chi connectivity index (χ3v) is 3.53. The van der Waals surface area contributed by atoms with Crippen molar-refractivity contribution < 1.29 is 4.92 Å². The monoisotopic (exact) mass is 295 g/mol. The van der Waals surface area contributed by atoms with E-state index in [1.807, 2.05) is 14.0 Å². The van der Waals surface area contributed by atoms with E-state index in [4.69, 9.17) is 0 Å². The second-order valence-corrected chi connectivity index (χ2v) is 5.02. The zero-order valence-corrected chi connectivity index (χ0v) is 13.2. The molecule has 118 valence electrons. The maximum atomic E-state index is 11.0. The van der Waals surface area contributed by atoms with Crippen molar-refractivity contribution in [1.29, 1.82) is 0 Å². The van der Waals surface area contributed by atoms with E-state index in [1.165, 1.54) is 6.07 Å². The van der Waals surface area contributed by atoms with Gasteiger partial charge < -0.3 is 15.5 Å². The molecule has 0 bridgehead atoms. The van der Waals surface area contributed by atoms with Gasteiger partial charge in [0, 0.05) is 31.7 Å². The molecule has 1 heterocycles. The second-order valence-electron chi connectivity index (χ2n) is 5.02. The van der Waals surface area contributed by atoms with Gasteiger partial charge in [0.15, 0.2) is 0 Å². The minimum atomic E-state index is -0.413. The first kappa shape index (κ1) is 17.2. The Morgan fingerprint density at radius 3 is 2.67 bits per heavy atom. The van der Waals surface area contributed by atoms with E-state index in [2.05, 4.69) is 34.4 Å². The van der Waals surface area contributed by atoms with E-state index in [0.717, 1.165) is 19.5 Å². The van der Waals surface area contributed by atoms with Crippen LogP contribution in [0, 0.1) is 10.1 Å². The Morgan fingerprint density at radius 1 is 1.38 bits per heavy atom. The molecule has 0 aromatic carbocycles. The molecule has 1 unspecified atom stereocenters. The van der Waals surface area contributed by atoms with Gasteiger partial charge in [-0.15, -0.1) is 0 Å². The van der Waals surface area contributed by atoms with E-state index >= 15 is 0 Å². The average molecular weight is 295 g/mol. The van der Waals surface area contributed by atoms with Crippen LogP contribution in [0.1, 0.15) is 27.2 Å². The van der Waals surface area contributed by atoms with E-state index in [-0.39, 0.29) is 5.69 Å². The fraction of sp³-hybridized carbons (Fsp3) is 0.643. The van der Waals surface area contributed by atoms with Gasteiger partial charge >= 0.3 is 5.69 Å². The molecule has 0 aliphatic carbocycles. The molecule has 1 aromatic heterocycles. The fourth-order valence-corrected chi connectivity index (χ4v) is 1.89. The van der Waals surface area contributed by atoms with Gasteiger partial charge in [0.05, 0.1) is 4.92 Å². The molecule has 0 aliphatic rings. The number of aromatic nitrogens is 1. The molecule has 0 fully saturated rings. The maximum Gasteiger partial charge on any atom is 0.311 e. The number of anilines is 2. The summed E-state index contributed by atoms with van der Waals surface area (Å²) in [7, 11) is 2.05. The highest BCUT2D eigenvalue weighted by Gasteiger charge is 2.16. The van der Waals surface area contributed by atoms with Gasteiger partial charge in [-0.05, 0) is 33.4 Å². The van der Waals surface area contributed by atoms with Crippen molar-refractivity contribution >= 4 is 17.3 Å². The van der Waals surface area contributed by atoms with E-state index in [9.17, 15) is 10.1 Å². The van der Waals surface area contributed by atoms with Crippen molar-refractivity contribution in [3.8, 4) is 0 Å². The molecule has 7 heteroatoms. The summed E-state index contributed by atoms with van der Waals surface area (Å²) in [6.07, 6.45) is 1.07. The molecule has 0 amide bonds. The van der Waals surface area contributed by atoms with Crippen LogP contribution in [-0.4, -0.2) is 47.5 Å². The Morgan fingerprint density at radius 2 is 2.10 bits per heavy atom. The summed E-state index contributed by atoms with van der Waals surface area (Å²) in [6.45, 7) is 8.40. The Kier molecular flexibility index (Phi) is 6.87. The number of likely N-dealkylation sites (N-methyl/N-ethyl adjacent to an activating group) is 1. The second kappa shape index (κ2) is 8.41. The number of nitrogens with one attached hydrogen (secondary N) is 2. The van der Waals surface area contributed by atoms with Crippen molar-refractivity contribution in [2.24, 2.45) is 0 Å². The molecule has 0 radical (unpaired) electrons. The Bertz CT molecular complexity index is 467. The lowest BCUT2D eigenvalue weighted by molar-refractivity contribution is -0.384. The highest BCUT2D eigenvalue weighted by Crippen LogP contribution is 2.23. The molecule has 1 aromatic rings. The SMILES string of the molecule is CCNc1ccc([N+](=O)[O-])c(NCCN(C)C(C)CC)n1. The molecule has 0 aliphatic heterocycles. The van der Waals surface area contributed by atoms with Crippen LogP contribution in [0.4, 0.5) is 17.3 Å². The van der Waals surface area contributed by atoms with Crippen molar-refractivity contribution in [3.63, 3.8) is 0 Å². The van der Waals surface area contributed by atoms with Crippen molar-refractivity contribution in [3.05, 3.63) is 22.2 Å². The highest BCUT2D eigenvalue weighted by molar-refractivity contribution is 5.60. The number of hydrogen-bond acceptors (Lipinski definition) is 6. The predicted octanol–water partition coefficient (Wildman–Crippen LogP) is 2.56. The van der Waals surface area contributed by atoms with Crippen LogP contribution in [0.15, 0.2) is 12.1 Å². The normalized spacial score (nSPS) is 12.2. The molecule has 7 nitrogen and oxygen atoms in total. The topological polar surface area (TPSA) is 83.3 Å². The van der Waals surface area contributed by atoms with E-state index in [0.29, 0.717) is 24.2 Å². The molecular formula is C14H25N5O2. The quantitative estimate of drug-likeness (QED) is 0.538. The number of pyridine rings is 1. The standard InChI is InChI=1S/C14H25N5O2/c1-5-11(3)18(4)10-9-16-14-12(19(20)21)7-8-13(17-14)15-6-2/h7-8,11H,5-6,9-10H2,1-4H3,(H2,15,16,17). The summed E-state index contributed by atoms with van der Waals surface area (Å²) in [5.74, 6) is 0.955. The van der Waals surface area contributed by atoms with Crippen LogP contribution in [-0.2, 0) is 0 Å². The van der Waals surface area contributed by atoms with Gasteiger partial charge in [-0.1, -0.05) is 6.92 Å². The third kappa shape index (κ3) is 5.18.